The molecule has 31 heavy (non-hydrogen) atoms. The third kappa shape index (κ3) is 4.66. The third-order valence-corrected chi connectivity index (χ3v) is 6.36. The molecule has 0 saturated heterocycles. The van der Waals surface area contributed by atoms with E-state index < -0.39 is 16.1 Å². The van der Waals surface area contributed by atoms with Crippen LogP contribution in [0.1, 0.15) is 32.3 Å². The molecule has 2 aliphatic rings. The summed E-state index contributed by atoms with van der Waals surface area (Å²) in [7, 11) is -3.67. The normalized spacial score (nSPS) is 18.7. The summed E-state index contributed by atoms with van der Waals surface area (Å²) in [6, 6.07) is 11.1. The molecule has 2 heterocycles. The quantitative estimate of drug-likeness (QED) is 0.739. The first-order valence-electron chi connectivity index (χ1n) is 10.2. The molecule has 2 aromatic rings. The van der Waals surface area contributed by atoms with Gasteiger partial charge in [-0.1, -0.05) is 26.0 Å². The van der Waals surface area contributed by atoms with Crippen LogP contribution in [0.4, 0.5) is 5.69 Å². The molecule has 1 amide bonds. The molecule has 0 spiro atoms. The van der Waals surface area contributed by atoms with Crippen LogP contribution in [-0.2, 0) is 14.8 Å². The van der Waals surface area contributed by atoms with Gasteiger partial charge in [0, 0.05) is 23.7 Å². The SMILES string of the molecule is CC(C)C[C@@H](N=C1NS(=O)(=O)c2ccccc21)C(=O)Nc1ccc2c(c1)OCCCO2. The van der Waals surface area contributed by atoms with Gasteiger partial charge in [-0.05, 0) is 36.6 Å². The standard InChI is InChI=1S/C22H25N3O5S/c1-14(2)12-17(24-21-16-6-3-4-7-20(16)31(27,28)25-21)22(26)23-15-8-9-18-19(13-15)30-11-5-10-29-18/h3-4,6-9,13-14,17H,5,10-12H2,1-2H3,(H,23,26)(H,24,25)/t17-/m1/s1. The lowest BCUT2D eigenvalue weighted by Gasteiger charge is -2.17. The van der Waals surface area contributed by atoms with Crippen LogP contribution in [0.2, 0.25) is 0 Å². The van der Waals surface area contributed by atoms with Gasteiger partial charge in [-0.2, -0.15) is 0 Å². The van der Waals surface area contributed by atoms with E-state index in [0.717, 1.165) is 6.42 Å². The fraction of sp³-hybridized carbons (Fsp3) is 0.364. The molecule has 1 atom stereocenters. The maximum absolute atomic E-state index is 13.1. The van der Waals surface area contributed by atoms with Gasteiger partial charge in [0.05, 0.1) is 18.1 Å². The van der Waals surface area contributed by atoms with Gasteiger partial charge >= 0.3 is 0 Å². The Morgan fingerprint density at radius 3 is 2.65 bits per heavy atom. The molecule has 9 heteroatoms. The second-order valence-electron chi connectivity index (χ2n) is 7.93. The molecule has 8 nitrogen and oxygen atoms in total. The summed E-state index contributed by atoms with van der Waals surface area (Å²) < 4.78 is 38.5. The van der Waals surface area contributed by atoms with Crippen LogP contribution >= 0.6 is 0 Å². The Hall–Kier alpha value is -3.07. The van der Waals surface area contributed by atoms with Crippen LogP contribution in [0, 0.1) is 5.92 Å². The van der Waals surface area contributed by atoms with Crippen molar-refractivity contribution in [3.8, 4) is 11.5 Å². The summed E-state index contributed by atoms with van der Waals surface area (Å²) in [6.45, 7) is 5.11. The van der Waals surface area contributed by atoms with E-state index in [1.807, 2.05) is 13.8 Å². The van der Waals surface area contributed by atoms with Crippen LogP contribution in [0.3, 0.4) is 0 Å². The molecule has 0 unspecified atom stereocenters. The summed E-state index contributed by atoms with van der Waals surface area (Å²) in [5.74, 6) is 1.28. The number of amidine groups is 1. The Morgan fingerprint density at radius 2 is 1.87 bits per heavy atom. The van der Waals surface area contributed by atoms with Crippen LogP contribution in [0.5, 0.6) is 11.5 Å². The minimum absolute atomic E-state index is 0.167. The Balaban J connectivity index is 1.60. The van der Waals surface area contributed by atoms with E-state index in [-0.39, 0.29) is 22.6 Å². The number of fused-ring (bicyclic) bond motifs is 2. The number of hydrogen-bond donors (Lipinski definition) is 2. The number of benzene rings is 2. The van der Waals surface area contributed by atoms with E-state index in [1.165, 1.54) is 6.07 Å². The van der Waals surface area contributed by atoms with Gasteiger partial charge in [0.15, 0.2) is 11.5 Å². The number of sulfonamides is 1. The topological polar surface area (TPSA) is 106 Å². The van der Waals surface area contributed by atoms with Crippen LogP contribution in [0.25, 0.3) is 0 Å². The van der Waals surface area contributed by atoms with E-state index in [0.29, 0.717) is 42.4 Å². The van der Waals surface area contributed by atoms with Crippen molar-refractivity contribution in [1.82, 2.24) is 4.72 Å². The third-order valence-electron chi connectivity index (χ3n) is 4.96. The lowest BCUT2D eigenvalue weighted by molar-refractivity contribution is -0.117. The number of hydrogen-bond acceptors (Lipinski definition) is 6. The molecule has 0 fully saturated rings. The molecule has 4 rings (SSSR count). The maximum Gasteiger partial charge on any atom is 0.263 e. The van der Waals surface area contributed by atoms with E-state index in [2.05, 4.69) is 15.0 Å². The van der Waals surface area contributed by atoms with Crippen molar-refractivity contribution < 1.29 is 22.7 Å². The first-order chi connectivity index (χ1) is 14.8. The van der Waals surface area contributed by atoms with Crippen LogP contribution in [-0.4, -0.2) is 39.4 Å². The predicted octanol–water partition coefficient (Wildman–Crippen LogP) is 2.94. The van der Waals surface area contributed by atoms with Gasteiger partial charge in [-0.25, -0.2) is 8.42 Å². The Kier molecular flexibility index (Phi) is 5.86. The van der Waals surface area contributed by atoms with Crippen molar-refractivity contribution in [3.05, 3.63) is 48.0 Å². The predicted molar refractivity (Wildman–Crippen MR) is 117 cm³/mol. The van der Waals surface area contributed by atoms with E-state index in [4.69, 9.17) is 9.47 Å². The lowest BCUT2D eigenvalue weighted by Crippen LogP contribution is -2.31. The molecule has 2 aromatic carbocycles. The number of anilines is 1. The first kappa shape index (κ1) is 21.2. The van der Waals surface area contributed by atoms with Crippen LogP contribution in [0.15, 0.2) is 52.4 Å². The minimum Gasteiger partial charge on any atom is -0.490 e. The first-order valence-corrected chi connectivity index (χ1v) is 11.7. The molecule has 0 bridgehead atoms. The fourth-order valence-electron chi connectivity index (χ4n) is 3.52. The van der Waals surface area contributed by atoms with Gasteiger partial charge in [0.1, 0.15) is 11.9 Å². The second kappa shape index (κ2) is 8.58. The van der Waals surface area contributed by atoms with Gasteiger partial charge in [-0.15, -0.1) is 0 Å². The molecule has 0 saturated carbocycles. The van der Waals surface area contributed by atoms with E-state index in [9.17, 15) is 13.2 Å². The summed E-state index contributed by atoms with van der Waals surface area (Å²) in [4.78, 5) is 17.8. The van der Waals surface area contributed by atoms with Crippen molar-refractivity contribution in [2.75, 3.05) is 18.5 Å². The number of aliphatic imine (C=N–C) groups is 1. The van der Waals surface area contributed by atoms with E-state index in [1.54, 1.807) is 36.4 Å². The average molecular weight is 444 g/mol. The minimum atomic E-state index is -3.67. The molecule has 0 radical (unpaired) electrons. The van der Waals surface area contributed by atoms with Crippen molar-refractivity contribution in [3.63, 3.8) is 0 Å². The smallest absolute Gasteiger partial charge is 0.263 e. The molecular formula is C22H25N3O5S. The highest BCUT2D eigenvalue weighted by molar-refractivity contribution is 7.90. The van der Waals surface area contributed by atoms with Gasteiger partial charge in [0.25, 0.3) is 10.0 Å². The number of nitrogens with one attached hydrogen (secondary N) is 2. The van der Waals surface area contributed by atoms with Crippen molar-refractivity contribution in [2.24, 2.45) is 10.9 Å². The Bertz CT molecular complexity index is 1130. The molecule has 0 aliphatic carbocycles. The van der Waals surface area contributed by atoms with Crippen molar-refractivity contribution >= 4 is 27.5 Å². The molecule has 2 N–H and O–H groups in total. The van der Waals surface area contributed by atoms with Crippen molar-refractivity contribution in [2.45, 2.75) is 37.6 Å². The summed E-state index contributed by atoms with van der Waals surface area (Å²) in [6.07, 6.45) is 1.26. The largest absolute Gasteiger partial charge is 0.490 e. The average Bonchev–Trinajstić information content (AvgIpc) is 2.86. The second-order valence-corrected chi connectivity index (χ2v) is 9.58. The maximum atomic E-state index is 13.1. The fourth-order valence-corrected chi connectivity index (χ4v) is 4.76. The summed E-state index contributed by atoms with van der Waals surface area (Å²) in [5.41, 5.74) is 1.04. The number of amides is 1. The highest BCUT2D eigenvalue weighted by atomic mass is 32.2. The highest BCUT2D eigenvalue weighted by Gasteiger charge is 2.32. The highest BCUT2D eigenvalue weighted by Crippen LogP contribution is 2.32. The number of rotatable bonds is 5. The number of carbonyl (C=O) groups excluding carboxylic acids is 1. The van der Waals surface area contributed by atoms with Crippen molar-refractivity contribution in [1.29, 1.82) is 0 Å². The zero-order valence-electron chi connectivity index (χ0n) is 17.4. The Labute approximate surface area is 181 Å². The van der Waals surface area contributed by atoms with E-state index >= 15 is 0 Å². The summed E-state index contributed by atoms with van der Waals surface area (Å²) >= 11 is 0. The van der Waals surface area contributed by atoms with Gasteiger partial charge in [-0.3, -0.25) is 14.5 Å². The zero-order chi connectivity index (χ0) is 22.0. The summed E-state index contributed by atoms with van der Waals surface area (Å²) in [5, 5.41) is 2.88. The Morgan fingerprint density at radius 1 is 1.13 bits per heavy atom. The number of carbonyl (C=O) groups is 1. The monoisotopic (exact) mass is 443 g/mol. The molecular weight excluding hydrogens is 418 g/mol. The number of nitrogens with zero attached hydrogens (tertiary/aromatic N) is 1. The van der Waals surface area contributed by atoms with Gasteiger partial charge < -0.3 is 14.8 Å². The van der Waals surface area contributed by atoms with Gasteiger partial charge in [0.2, 0.25) is 5.91 Å². The van der Waals surface area contributed by atoms with Crippen LogP contribution < -0.4 is 19.5 Å². The molecule has 2 aliphatic heterocycles. The lowest BCUT2D eigenvalue weighted by atomic mass is 10.0. The number of ether oxygens (including phenoxy) is 2. The molecule has 0 aromatic heterocycles. The molecule has 164 valence electrons. The zero-order valence-corrected chi connectivity index (χ0v) is 18.2.